The molecule has 2 N–H and O–H groups in total. The van der Waals surface area contributed by atoms with E-state index in [4.69, 9.17) is 11.6 Å². The molecule has 114 valence electrons. The van der Waals surface area contributed by atoms with Gasteiger partial charge in [0.15, 0.2) is 5.15 Å². The number of hydrogen-bond donors (Lipinski definition) is 2. The van der Waals surface area contributed by atoms with E-state index in [1.54, 1.807) is 12.4 Å². The maximum absolute atomic E-state index is 12.3. The Morgan fingerprint density at radius 1 is 1.32 bits per heavy atom. The molecule has 5 nitrogen and oxygen atoms in total. The number of pyridine rings is 2. The van der Waals surface area contributed by atoms with Crippen molar-refractivity contribution >= 4 is 29.0 Å². The molecule has 1 amide bonds. The molecule has 1 fully saturated rings. The summed E-state index contributed by atoms with van der Waals surface area (Å²) < 4.78 is 0. The molecule has 22 heavy (non-hydrogen) atoms. The fraction of sp³-hybridized carbons (Fsp3) is 0.312. The zero-order chi connectivity index (χ0) is 15.5. The molecule has 0 spiro atoms. The van der Waals surface area contributed by atoms with Crippen LogP contribution in [0.2, 0.25) is 5.15 Å². The highest BCUT2D eigenvalue weighted by Crippen LogP contribution is 2.26. The van der Waals surface area contributed by atoms with Gasteiger partial charge in [-0.25, -0.2) is 9.97 Å². The molecular weight excluding hydrogens is 300 g/mol. The van der Waals surface area contributed by atoms with Crippen molar-refractivity contribution in [2.24, 2.45) is 0 Å². The predicted octanol–water partition coefficient (Wildman–Crippen LogP) is 3.19. The minimum absolute atomic E-state index is 0.134. The van der Waals surface area contributed by atoms with Gasteiger partial charge in [-0.05, 0) is 37.5 Å². The third-order valence-corrected chi connectivity index (χ3v) is 3.82. The first kappa shape index (κ1) is 14.8. The average molecular weight is 317 g/mol. The van der Waals surface area contributed by atoms with E-state index in [0.29, 0.717) is 16.9 Å². The van der Waals surface area contributed by atoms with Crippen LogP contribution >= 0.6 is 11.6 Å². The molecule has 2 aromatic rings. The molecule has 2 aromatic heterocycles. The molecule has 2 heterocycles. The van der Waals surface area contributed by atoms with Crippen LogP contribution in [-0.4, -0.2) is 21.9 Å². The van der Waals surface area contributed by atoms with Crippen molar-refractivity contribution in [2.75, 3.05) is 10.6 Å². The standard InChI is InChI=1S/C16H17ClN4O/c1-10-6-8-18-15(17)14(10)21-13(22)9-11-3-2-7-19-16(11)20-12-4-5-12/h2-3,6-8,12H,4-5,9H2,1H3,(H,19,20)(H,21,22). The van der Waals surface area contributed by atoms with Gasteiger partial charge in [0.2, 0.25) is 5.91 Å². The van der Waals surface area contributed by atoms with E-state index in [9.17, 15) is 4.79 Å². The normalized spacial score (nSPS) is 13.7. The topological polar surface area (TPSA) is 66.9 Å². The van der Waals surface area contributed by atoms with Crippen molar-refractivity contribution in [1.29, 1.82) is 0 Å². The van der Waals surface area contributed by atoms with Gasteiger partial charge in [0.05, 0.1) is 12.1 Å². The summed E-state index contributed by atoms with van der Waals surface area (Å²) in [4.78, 5) is 20.6. The smallest absolute Gasteiger partial charge is 0.229 e. The van der Waals surface area contributed by atoms with E-state index < -0.39 is 0 Å². The Hall–Kier alpha value is -2.14. The van der Waals surface area contributed by atoms with E-state index in [1.807, 2.05) is 25.1 Å². The van der Waals surface area contributed by atoms with Gasteiger partial charge in [0.25, 0.3) is 0 Å². The third kappa shape index (κ3) is 3.54. The highest BCUT2D eigenvalue weighted by Gasteiger charge is 2.22. The summed E-state index contributed by atoms with van der Waals surface area (Å²) in [6.45, 7) is 1.88. The van der Waals surface area contributed by atoms with Crippen molar-refractivity contribution in [3.63, 3.8) is 0 Å². The average Bonchev–Trinajstić information content (AvgIpc) is 3.29. The number of carbonyl (C=O) groups is 1. The van der Waals surface area contributed by atoms with E-state index in [0.717, 1.165) is 29.8 Å². The van der Waals surface area contributed by atoms with Gasteiger partial charge in [0, 0.05) is 24.0 Å². The maximum atomic E-state index is 12.3. The first-order valence-electron chi connectivity index (χ1n) is 7.25. The van der Waals surface area contributed by atoms with Crippen LogP contribution in [-0.2, 0) is 11.2 Å². The van der Waals surface area contributed by atoms with Gasteiger partial charge < -0.3 is 10.6 Å². The second kappa shape index (κ2) is 6.32. The minimum Gasteiger partial charge on any atom is -0.367 e. The third-order valence-electron chi connectivity index (χ3n) is 3.54. The number of aryl methyl sites for hydroxylation is 1. The number of halogens is 1. The Balaban J connectivity index is 1.72. The number of amides is 1. The van der Waals surface area contributed by atoms with Gasteiger partial charge in [-0.15, -0.1) is 0 Å². The van der Waals surface area contributed by atoms with Crippen LogP contribution in [0.4, 0.5) is 11.5 Å². The molecule has 0 saturated heterocycles. The van der Waals surface area contributed by atoms with Crippen LogP contribution in [0.1, 0.15) is 24.0 Å². The highest BCUT2D eigenvalue weighted by atomic mass is 35.5. The van der Waals surface area contributed by atoms with Crippen molar-refractivity contribution in [3.05, 3.63) is 46.9 Å². The van der Waals surface area contributed by atoms with Crippen molar-refractivity contribution < 1.29 is 4.79 Å². The van der Waals surface area contributed by atoms with Gasteiger partial charge in [-0.3, -0.25) is 4.79 Å². The van der Waals surface area contributed by atoms with Crippen molar-refractivity contribution in [1.82, 2.24) is 9.97 Å². The zero-order valence-electron chi connectivity index (χ0n) is 12.3. The predicted molar refractivity (Wildman–Crippen MR) is 87.2 cm³/mol. The fourth-order valence-electron chi connectivity index (χ4n) is 2.16. The number of hydrogen-bond acceptors (Lipinski definition) is 4. The molecule has 0 aliphatic heterocycles. The Morgan fingerprint density at radius 3 is 2.86 bits per heavy atom. The van der Waals surface area contributed by atoms with Gasteiger partial charge in [-0.2, -0.15) is 0 Å². The molecule has 0 unspecified atom stereocenters. The van der Waals surface area contributed by atoms with Gasteiger partial charge in [0.1, 0.15) is 5.82 Å². The zero-order valence-corrected chi connectivity index (χ0v) is 13.0. The minimum atomic E-state index is -0.134. The van der Waals surface area contributed by atoms with Crippen LogP contribution in [0.5, 0.6) is 0 Å². The second-order valence-electron chi connectivity index (χ2n) is 5.45. The van der Waals surface area contributed by atoms with Crippen LogP contribution in [0.25, 0.3) is 0 Å². The number of aromatic nitrogens is 2. The molecule has 0 aromatic carbocycles. The quantitative estimate of drug-likeness (QED) is 0.831. The highest BCUT2D eigenvalue weighted by molar-refractivity contribution is 6.32. The van der Waals surface area contributed by atoms with Crippen molar-refractivity contribution in [2.45, 2.75) is 32.2 Å². The number of carbonyl (C=O) groups excluding carboxylic acids is 1. The van der Waals surface area contributed by atoms with Gasteiger partial charge in [-0.1, -0.05) is 17.7 Å². The fourth-order valence-corrected chi connectivity index (χ4v) is 2.42. The molecule has 0 bridgehead atoms. The van der Waals surface area contributed by atoms with E-state index >= 15 is 0 Å². The summed E-state index contributed by atoms with van der Waals surface area (Å²) in [5.74, 6) is 0.652. The maximum Gasteiger partial charge on any atom is 0.229 e. The summed E-state index contributed by atoms with van der Waals surface area (Å²) in [7, 11) is 0. The summed E-state index contributed by atoms with van der Waals surface area (Å²) in [5.41, 5.74) is 2.33. The van der Waals surface area contributed by atoms with Crippen molar-refractivity contribution in [3.8, 4) is 0 Å². The Bertz CT molecular complexity index is 680. The number of anilines is 2. The SMILES string of the molecule is Cc1ccnc(Cl)c1NC(=O)Cc1cccnc1NC1CC1. The molecule has 0 radical (unpaired) electrons. The Labute approximate surface area is 134 Å². The van der Waals surface area contributed by atoms with Crippen LogP contribution in [0.3, 0.4) is 0 Å². The van der Waals surface area contributed by atoms with E-state index in [2.05, 4.69) is 20.6 Å². The largest absolute Gasteiger partial charge is 0.367 e. The Kier molecular flexibility index (Phi) is 4.24. The Morgan fingerprint density at radius 2 is 2.14 bits per heavy atom. The molecular formula is C16H17ClN4O. The molecule has 0 atom stereocenters. The summed E-state index contributed by atoms with van der Waals surface area (Å²) in [6.07, 6.45) is 5.91. The lowest BCUT2D eigenvalue weighted by Gasteiger charge is -2.12. The lowest BCUT2D eigenvalue weighted by atomic mass is 10.1. The lowest BCUT2D eigenvalue weighted by Crippen LogP contribution is -2.17. The number of nitrogens with zero attached hydrogens (tertiary/aromatic N) is 2. The number of nitrogens with one attached hydrogen (secondary N) is 2. The van der Waals surface area contributed by atoms with Crippen LogP contribution in [0, 0.1) is 6.92 Å². The molecule has 3 rings (SSSR count). The molecule has 1 aliphatic rings. The summed E-state index contributed by atoms with van der Waals surface area (Å²) in [6, 6.07) is 6.05. The number of rotatable bonds is 5. The summed E-state index contributed by atoms with van der Waals surface area (Å²) in [5, 5.41) is 6.48. The second-order valence-corrected chi connectivity index (χ2v) is 5.81. The van der Waals surface area contributed by atoms with Crippen LogP contribution < -0.4 is 10.6 Å². The summed E-state index contributed by atoms with van der Waals surface area (Å²) >= 11 is 6.03. The first-order chi connectivity index (χ1) is 10.6. The van der Waals surface area contributed by atoms with Crippen LogP contribution in [0.15, 0.2) is 30.6 Å². The first-order valence-corrected chi connectivity index (χ1v) is 7.62. The van der Waals surface area contributed by atoms with E-state index in [-0.39, 0.29) is 12.3 Å². The van der Waals surface area contributed by atoms with E-state index in [1.165, 1.54) is 0 Å². The molecule has 1 aliphatic carbocycles. The lowest BCUT2D eigenvalue weighted by molar-refractivity contribution is -0.115. The van der Waals surface area contributed by atoms with Gasteiger partial charge >= 0.3 is 0 Å². The molecule has 6 heteroatoms. The molecule has 1 saturated carbocycles. The monoisotopic (exact) mass is 316 g/mol.